The predicted octanol–water partition coefficient (Wildman–Crippen LogP) is 2.39. The van der Waals surface area contributed by atoms with Crippen molar-refractivity contribution in [1.29, 1.82) is 0 Å². The Morgan fingerprint density at radius 3 is 2.15 bits per heavy atom. The molecule has 7 heteroatoms. The summed E-state index contributed by atoms with van der Waals surface area (Å²) >= 11 is 0. The zero-order valence-electron chi connectivity index (χ0n) is 14.6. The molecule has 2 aromatic rings. The Hall–Kier alpha value is -3.48. The third-order valence-electron chi connectivity index (χ3n) is 3.50. The highest BCUT2D eigenvalue weighted by Gasteiger charge is 2.14. The first-order valence-corrected chi connectivity index (χ1v) is 7.61. The van der Waals surface area contributed by atoms with Crippen molar-refractivity contribution in [3.05, 3.63) is 53.6 Å². The highest BCUT2D eigenvalue weighted by Crippen LogP contribution is 2.38. The molecule has 0 saturated carbocycles. The monoisotopic (exact) mass is 357 g/mol. The Balaban J connectivity index is 2.15. The summed E-state index contributed by atoms with van der Waals surface area (Å²) in [5.41, 5.74) is 0.631. The molecule has 136 valence electrons. The Bertz CT molecular complexity index is 819. The zero-order valence-corrected chi connectivity index (χ0v) is 14.6. The molecule has 2 rings (SSSR count). The quantitative estimate of drug-likeness (QED) is 0.771. The maximum Gasteiger partial charge on any atom is 0.261 e. The van der Waals surface area contributed by atoms with E-state index in [0.29, 0.717) is 22.8 Å². The van der Waals surface area contributed by atoms with Gasteiger partial charge in [-0.2, -0.15) is 0 Å². The van der Waals surface area contributed by atoms with Crippen molar-refractivity contribution in [3.63, 3.8) is 0 Å². The standard InChI is InChI=1S/C19H19NO6/c1-24-15-10-12(11-16(25-2)18(15)26-3)8-9-17(22)20-19(23)13-6-4-5-7-14(13)21/h4-11,21H,1-3H3,(H,20,22,23)/b9-8+. The van der Waals surface area contributed by atoms with Gasteiger partial charge in [-0.05, 0) is 35.9 Å². The molecule has 0 aliphatic heterocycles. The van der Waals surface area contributed by atoms with Crippen LogP contribution in [0.1, 0.15) is 15.9 Å². The summed E-state index contributed by atoms with van der Waals surface area (Å²) in [6, 6.07) is 9.28. The Labute approximate surface area is 150 Å². The number of aromatic hydroxyl groups is 1. The summed E-state index contributed by atoms with van der Waals surface area (Å²) in [4.78, 5) is 23.9. The molecule has 0 heterocycles. The average molecular weight is 357 g/mol. The van der Waals surface area contributed by atoms with Crippen LogP contribution in [0, 0.1) is 0 Å². The number of carbonyl (C=O) groups excluding carboxylic acids is 2. The zero-order chi connectivity index (χ0) is 19.1. The van der Waals surface area contributed by atoms with Gasteiger partial charge in [0.2, 0.25) is 5.75 Å². The molecule has 2 N–H and O–H groups in total. The maximum absolute atomic E-state index is 12.0. The molecule has 26 heavy (non-hydrogen) atoms. The maximum atomic E-state index is 12.0. The second-order valence-corrected chi connectivity index (χ2v) is 5.13. The molecule has 0 saturated heterocycles. The molecule has 2 aromatic carbocycles. The van der Waals surface area contributed by atoms with Crippen LogP contribution in [0.2, 0.25) is 0 Å². The normalized spacial score (nSPS) is 10.4. The van der Waals surface area contributed by atoms with Crippen LogP contribution in [-0.4, -0.2) is 38.3 Å². The minimum Gasteiger partial charge on any atom is -0.507 e. The van der Waals surface area contributed by atoms with E-state index in [9.17, 15) is 14.7 Å². The van der Waals surface area contributed by atoms with Gasteiger partial charge in [-0.15, -0.1) is 0 Å². The van der Waals surface area contributed by atoms with Crippen LogP contribution in [0.4, 0.5) is 0 Å². The van der Waals surface area contributed by atoms with Gasteiger partial charge in [-0.25, -0.2) is 0 Å². The fourth-order valence-electron chi connectivity index (χ4n) is 2.26. The number of hydrogen-bond donors (Lipinski definition) is 2. The van der Waals surface area contributed by atoms with Crippen molar-refractivity contribution in [3.8, 4) is 23.0 Å². The van der Waals surface area contributed by atoms with Crippen molar-refractivity contribution >= 4 is 17.9 Å². The van der Waals surface area contributed by atoms with E-state index in [1.54, 1.807) is 24.3 Å². The first-order chi connectivity index (χ1) is 12.5. The van der Waals surface area contributed by atoms with Crippen LogP contribution < -0.4 is 19.5 Å². The minimum atomic E-state index is -0.692. The molecule has 2 amide bonds. The number of phenols is 1. The predicted molar refractivity (Wildman–Crippen MR) is 95.7 cm³/mol. The van der Waals surface area contributed by atoms with Gasteiger partial charge in [-0.3, -0.25) is 14.9 Å². The first-order valence-electron chi connectivity index (χ1n) is 7.61. The van der Waals surface area contributed by atoms with Crippen molar-refractivity contribution in [2.45, 2.75) is 0 Å². The number of hydrogen-bond acceptors (Lipinski definition) is 6. The summed E-state index contributed by atoms with van der Waals surface area (Å²) in [5, 5.41) is 11.8. The molecule has 0 aliphatic rings. The van der Waals surface area contributed by atoms with E-state index >= 15 is 0 Å². The Kier molecular flexibility index (Phi) is 6.21. The van der Waals surface area contributed by atoms with E-state index in [-0.39, 0.29) is 11.3 Å². The number of amides is 2. The summed E-state index contributed by atoms with van der Waals surface area (Å²) in [6.07, 6.45) is 2.69. The van der Waals surface area contributed by atoms with Gasteiger partial charge in [-0.1, -0.05) is 12.1 Å². The van der Waals surface area contributed by atoms with Gasteiger partial charge >= 0.3 is 0 Å². The molecule has 0 radical (unpaired) electrons. The van der Waals surface area contributed by atoms with Crippen molar-refractivity contribution in [1.82, 2.24) is 5.32 Å². The third kappa shape index (κ3) is 4.32. The number of para-hydroxylation sites is 1. The molecule has 7 nitrogen and oxygen atoms in total. The molecule has 0 bridgehead atoms. The molecule has 0 atom stereocenters. The number of carbonyl (C=O) groups is 2. The number of methoxy groups -OCH3 is 3. The van der Waals surface area contributed by atoms with E-state index in [1.807, 2.05) is 0 Å². The van der Waals surface area contributed by atoms with Gasteiger partial charge in [0.05, 0.1) is 26.9 Å². The SMILES string of the molecule is COc1cc(/C=C/C(=O)NC(=O)c2ccccc2O)cc(OC)c1OC. The van der Waals surface area contributed by atoms with Crippen LogP contribution in [0.25, 0.3) is 6.08 Å². The number of ether oxygens (including phenoxy) is 3. The Morgan fingerprint density at radius 2 is 1.62 bits per heavy atom. The smallest absolute Gasteiger partial charge is 0.261 e. The summed E-state index contributed by atoms with van der Waals surface area (Å²) < 4.78 is 15.7. The number of rotatable bonds is 6. The number of imide groups is 1. The molecule has 0 spiro atoms. The van der Waals surface area contributed by atoms with Gasteiger partial charge in [0.25, 0.3) is 11.8 Å². The molecule has 0 fully saturated rings. The fraction of sp³-hybridized carbons (Fsp3) is 0.158. The minimum absolute atomic E-state index is 0.0158. The first kappa shape index (κ1) is 18.9. The average Bonchev–Trinajstić information content (AvgIpc) is 2.65. The van der Waals surface area contributed by atoms with Crippen LogP contribution in [0.3, 0.4) is 0 Å². The Morgan fingerprint density at radius 1 is 1.00 bits per heavy atom. The fourth-order valence-corrected chi connectivity index (χ4v) is 2.26. The molecular formula is C19H19NO6. The topological polar surface area (TPSA) is 94.1 Å². The summed E-state index contributed by atoms with van der Waals surface area (Å²) in [5.74, 6) is -0.207. The molecular weight excluding hydrogens is 338 g/mol. The van der Waals surface area contributed by atoms with Crippen molar-refractivity contribution in [2.24, 2.45) is 0 Å². The van der Waals surface area contributed by atoms with E-state index in [0.717, 1.165) is 0 Å². The van der Waals surface area contributed by atoms with Gasteiger partial charge in [0.15, 0.2) is 11.5 Å². The summed E-state index contributed by atoms with van der Waals surface area (Å²) in [6.45, 7) is 0. The van der Waals surface area contributed by atoms with E-state index in [2.05, 4.69) is 5.32 Å². The van der Waals surface area contributed by atoms with Gasteiger partial charge in [0.1, 0.15) is 5.75 Å². The third-order valence-corrected chi connectivity index (χ3v) is 3.50. The largest absolute Gasteiger partial charge is 0.507 e. The number of benzene rings is 2. The lowest BCUT2D eigenvalue weighted by molar-refractivity contribution is -0.115. The molecule has 0 aromatic heterocycles. The van der Waals surface area contributed by atoms with E-state index < -0.39 is 11.8 Å². The molecule has 0 aliphatic carbocycles. The summed E-state index contributed by atoms with van der Waals surface area (Å²) in [7, 11) is 4.47. The lowest BCUT2D eigenvalue weighted by Gasteiger charge is -2.12. The van der Waals surface area contributed by atoms with Crippen LogP contribution in [0.5, 0.6) is 23.0 Å². The van der Waals surface area contributed by atoms with Crippen LogP contribution in [0.15, 0.2) is 42.5 Å². The lowest BCUT2D eigenvalue weighted by atomic mass is 10.1. The lowest BCUT2D eigenvalue weighted by Crippen LogP contribution is -2.28. The van der Waals surface area contributed by atoms with Crippen LogP contribution >= 0.6 is 0 Å². The second-order valence-electron chi connectivity index (χ2n) is 5.13. The van der Waals surface area contributed by atoms with Gasteiger partial charge in [0, 0.05) is 6.08 Å². The van der Waals surface area contributed by atoms with E-state index in [1.165, 1.54) is 45.6 Å². The highest BCUT2D eigenvalue weighted by molar-refractivity contribution is 6.10. The van der Waals surface area contributed by atoms with E-state index in [4.69, 9.17) is 14.2 Å². The number of phenolic OH excluding ortho intramolecular Hbond substituents is 1. The van der Waals surface area contributed by atoms with Crippen LogP contribution in [-0.2, 0) is 4.79 Å². The van der Waals surface area contributed by atoms with Crippen molar-refractivity contribution < 1.29 is 28.9 Å². The van der Waals surface area contributed by atoms with Gasteiger partial charge < -0.3 is 19.3 Å². The highest BCUT2D eigenvalue weighted by atomic mass is 16.5. The molecule has 0 unspecified atom stereocenters. The second kappa shape index (κ2) is 8.57. The van der Waals surface area contributed by atoms with Crippen molar-refractivity contribution in [2.75, 3.05) is 21.3 Å². The number of nitrogens with one attached hydrogen (secondary N) is 1.